The summed E-state index contributed by atoms with van der Waals surface area (Å²) in [6, 6.07) is 21.7. The number of amides is 1. The van der Waals surface area contributed by atoms with Crippen LogP contribution in [0.5, 0.6) is 0 Å². The molecule has 1 amide bonds. The van der Waals surface area contributed by atoms with Gasteiger partial charge in [0.25, 0.3) is 5.91 Å². The summed E-state index contributed by atoms with van der Waals surface area (Å²) in [5, 5.41) is 4.52. The van der Waals surface area contributed by atoms with Crippen molar-refractivity contribution in [1.29, 1.82) is 0 Å². The first-order chi connectivity index (χ1) is 11.7. The van der Waals surface area contributed by atoms with Gasteiger partial charge in [0.1, 0.15) is 0 Å². The molecule has 4 heteroatoms. The van der Waals surface area contributed by atoms with Gasteiger partial charge in [0, 0.05) is 18.8 Å². The average molecular weight is 319 g/mol. The van der Waals surface area contributed by atoms with Crippen LogP contribution in [0.2, 0.25) is 0 Å². The molecule has 0 unspecified atom stereocenters. The van der Waals surface area contributed by atoms with Crippen LogP contribution in [-0.4, -0.2) is 27.1 Å². The summed E-state index contributed by atoms with van der Waals surface area (Å²) in [5.41, 5.74) is 3.50. The number of carbonyl (C=O) groups is 1. The van der Waals surface area contributed by atoms with Crippen LogP contribution >= 0.6 is 0 Å². The van der Waals surface area contributed by atoms with Crippen molar-refractivity contribution in [2.24, 2.45) is 0 Å². The molecule has 2 aromatic carbocycles. The van der Waals surface area contributed by atoms with E-state index in [1.165, 1.54) is 0 Å². The molecule has 0 atom stereocenters. The molecule has 3 rings (SSSR count). The molecule has 4 nitrogen and oxygen atoms in total. The highest BCUT2D eigenvalue weighted by molar-refractivity contribution is 5.92. The van der Waals surface area contributed by atoms with Crippen molar-refractivity contribution < 1.29 is 4.79 Å². The van der Waals surface area contributed by atoms with Crippen molar-refractivity contribution in [3.63, 3.8) is 0 Å². The van der Waals surface area contributed by atoms with Crippen molar-refractivity contribution in [3.05, 3.63) is 83.7 Å². The minimum atomic E-state index is -0.0425. The summed E-state index contributed by atoms with van der Waals surface area (Å²) in [6.45, 7) is 5.19. The van der Waals surface area contributed by atoms with Crippen LogP contribution in [-0.2, 0) is 6.54 Å². The van der Waals surface area contributed by atoms with E-state index in [9.17, 15) is 4.79 Å². The van der Waals surface area contributed by atoms with Crippen LogP contribution in [0.1, 0.15) is 28.7 Å². The molecular formula is C20H21N3O. The van der Waals surface area contributed by atoms with Gasteiger partial charge in [0.05, 0.1) is 5.69 Å². The Labute approximate surface area is 142 Å². The van der Waals surface area contributed by atoms with Crippen LogP contribution in [0.25, 0.3) is 5.69 Å². The zero-order valence-electron chi connectivity index (χ0n) is 14.0. The van der Waals surface area contributed by atoms with Gasteiger partial charge in [-0.05, 0) is 37.6 Å². The van der Waals surface area contributed by atoms with E-state index in [2.05, 4.69) is 5.10 Å². The summed E-state index contributed by atoms with van der Waals surface area (Å²) in [5.74, 6) is -0.0425. The Hall–Kier alpha value is -2.88. The van der Waals surface area contributed by atoms with Gasteiger partial charge in [-0.25, -0.2) is 4.68 Å². The molecule has 0 saturated carbocycles. The predicted molar refractivity (Wildman–Crippen MR) is 95.2 cm³/mol. The maximum atomic E-state index is 12.8. The molecule has 0 aliphatic rings. The first-order valence-electron chi connectivity index (χ1n) is 8.14. The molecule has 122 valence electrons. The Morgan fingerprint density at radius 2 is 1.67 bits per heavy atom. The first kappa shape index (κ1) is 16.0. The highest BCUT2D eigenvalue weighted by atomic mass is 16.2. The number of rotatable bonds is 5. The third-order valence-electron chi connectivity index (χ3n) is 3.99. The van der Waals surface area contributed by atoms with E-state index in [-0.39, 0.29) is 5.91 Å². The van der Waals surface area contributed by atoms with Gasteiger partial charge in [-0.2, -0.15) is 5.10 Å². The van der Waals surface area contributed by atoms with E-state index in [1.54, 1.807) is 0 Å². The lowest BCUT2D eigenvalue weighted by Gasteiger charge is -2.19. The smallest absolute Gasteiger partial charge is 0.274 e. The van der Waals surface area contributed by atoms with Crippen molar-refractivity contribution >= 4 is 5.91 Å². The first-order valence-corrected chi connectivity index (χ1v) is 8.14. The number of para-hydroxylation sites is 1. The predicted octanol–water partition coefficient (Wildman–Crippen LogP) is 3.84. The van der Waals surface area contributed by atoms with Gasteiger partial charge in [0.2, 0.25) is 0 Å². The quantitative estimate of drug-likeness (QED) is 0.716. The zero-order chi connectivity index (χ0) is 16.9. The normalized spacial score (nSPS) is 10.6. The molecule has 0 bridgehead atoms. The zero-order valence-corrected chi connectivity index (χ0v) is 14.0. The molecule has 24 heavy (non-hydrogen) atoms. The number of hydrogen-bond acceptors (Lipinski definition) is 2. The maximum Gasteiger partial charge on any atom is 0.274 e. The molecule has 3 aromatic rings. The van der Waals surface area contributed by atoms with Gasteiger partial charge in [-0.1, -0.05) is 48.5 Å². The van der Waals surface area contributed by atoms with Crippen molar-refractivity contribution in [3.8, 4) is 5.69 Å². The van der Waals surface area contributed by atoms with E-state index >= 15 is 0 Å². The Balaban J connectivity index is 1.84. The summed E-state index contributed by atoms with van der Waals surface area (Å²) < 4.78 is 1.81. The maximum absolute atomic E-state index is 12.8. The molecule has 0 radical (unpaired) electrons. The summed E-state index contributed by atoms with van der Waals surface area (Å²) in [4.78, 5) is 14.6. The van der Waals surface area contributed by atoms with Gasteiger partial charge in [-0.3, -0.25) is 4.79 Å². The van der Waals surface area contributed by atoms with Gasteiger partial charge >= 0.3 is 0 Å². The number of aromatic nitrogens is 2. The standard InChI is InChI=1S/C20H21N3O/c1-3-22(15-17-10-6-4-7-11-17)20(24)19-14-16(2)23(21-19)18-12-8-5-9-13-18/h4-14H,3,15H2,1-2H3. The monoisotopic (exact) mass is 319 g/mol. The third kappa shape index (κ3) is 3.38. The lowest BCUT2D eigenvalue weighted by molar-refractivity contribution is 0.0746. The number of carbonyl (C=O) groups excluding carboxylic acids is 1. The second-order valence-electron chi connectivity index (χ2n) is 5.72. The van der Waals surface area contributed by atoms with E-state index in [0.29, 0.717) is 18.8 Å². The lowest BCUT2D eigenvalue weighted by atomic mass is 10.2. The van der Waals surface area contributed by atoms with E-state index in [0.717, 1.165) is 16.9 Å². The highest BCUT2D eigenvalue weighted by Crippen LogP contribution is 2.14. The van der Waals surface area contributed by atoms with Gasteiger partial charge < -0.3 is 4.90 Å². The SMILES string of the molecule is CCN(Cc1ccccc1)C(=O)c1cc(C)n(-c2ccccc2)n1. The Morgan fingerprint density at radius 1 is 1.04 bits per heavy atom. The lowest BCUT2D eigenvalue weighted by Crippen LogP contribution is -2.30. The Morgan fingerprint density at radius 3 is 2.29 bits per heavy atom. The van der Waals surface area contributed by atoms with Crippen molar-refractivity contribution in [2.45, 2.75) is 20.4 Å². The molecule has 0 aliphatic carbocycles. The molecular weight excluding hydrogens is 298 g/mol. The van der Waals surface area contributed by atoms with Crippen LogP contribution in [0.15, 0.2) is 66.7 Å². The fourth-order valence-corrected chi connectivity index (χ4v) is 2.70. The Kier molecular flexibility index (Phi) is 4.75. The molecule has 0 N–H and O–H groups in total. The molecule has 0 saturated heterocycles. The summed E-state index contributed by atoms with van der Waals surface area (Å²) in [6.07, 6.45) is 0. The number of aryl methyl sites for hydroxylation is 1. The van der Waals surface area contributed by atoms with Crippen LogP contribution < -0.4 is 0 Å². The Bertz CT molecular complexity index is 809. The minimum absolute atomic E-state index is 0.0425. The van der Waals surface area contributed by atoms with Crippen LogP contribution in [0.4, 0.5) is 0 Å². The molecule has 1 aromatic heterocycles. The van der Waals surface area contributed by atoms with Gasteiger partial charge in [0.15, 0.2) is 5.69 Å². The van der Waals surface area contributed by atoms with Crippen molar-refractivity contribution in [1.82, 2.24) is 14.7 Å². The number of benzene rings is 2. The molecule has 0 spiro atoms. The van der Waals surface area contributed by atoms with E-state index in [4.69, 9.17) is 0 Å². The van der Waals surface area contributed by atoms with E-state index < -0.39 is 0 Å². The summed E-state index contributed by atoms with van der Waals surface area (Å²) in [7, 11) is 0. The summed E-state index contributed by atoms with van der Waals surface area (Å²) >= 11 is 0. The van der Waals surface area contributed by atoms with Gasteiger partial charge in [-0.15, -0.1) is 0 Å². The molecule has 0 aliphatic heterocycles. The number of hydrogen-bond donors (Lipinski definition) is 0. The number of nitrogens with zero attached hydrogens (tertiary/aromatic N) is 3. The fourth-order valence-electron chi connectivity index (χ4n) is 2.70. The van der Waals surface area contributed by atoms with Crippen LogP contribution in [0.3, 0.4) is 0 Å². The van der Waals surface area contributed by atoms with Crippen molar-refractivity contribution in [2.75, 3.05) is 6.54 Å². The largest absolute Gasteiger partial charge is 0.333 e. The third-order valence-corrected chi connectivity index (χ3v) is 3.99. The second kappa shape index (κ2) is 7.13. The second-order valence-corrected chi connectivity index (χ2v) is 5.72. The fraction of sp³-hybridized carbons (Fsp3) is 0.200. The topological polar surface area (TPSA) is 38.1 Å². The average Bonchev–Trinajstić information content (AvgIpc) is 3.02. The van der Waals surface area contributed by atoms with E-state index in [1.807, 2.05) is 90.2 Å². The molecule has 0 fully saturated rings. The highest BCUT2D eigenvalue weighted by Gasteiger charge is 2.19. The minimum Gasteiger partial charge on any atom is -0.333 e. The molecule has 1 heterocycles. The van der Waals surface area contributed by atoms with Crippen LogP contribution in [0, 0.1) is 6.92 Å².